The largest absolute Gasteiger partial charge is 0.489 e. The predicted molar refractivity (Wildman–Crippen MR) is 162 cm³/mol. The summed E-state index contributed by atoms with van der Waals surface area (Å²) in [6, 6.07) is 29.1. The monoisotopic (exact) mass is 551 g/mol. The van der Waals surface area contributed by atoms with Crippen molar-refractivity contribution < 1.29 is 23.9 Å². The Bertz CT molecular complexity index is 1430. The number of nitrogens with one attached hydrogen (secondary N) is 1. The van der Waals surface area contributed by atoms with Crippen molar-refractivity contribution in [1.82, 2.24) is 5.32 Å². The number of carbonyl (C=O) groups is 3. The minimum Gasteiger partial charge on any atom is -0.489 e. The molecular formula is C35H37NO5. The number of ether oxygens (including phenoxy) is 2. The normalized spacial score (nSPS) is 10.3. The molecule has 4 rings (SSSR count). The highest BCUT2D eigenvalue weighted by Crippen LogP contribution is 2.31. The van der Waals surface area contributed by atoms with Gasteiger partial charge in [-0.2, -0.15) is 0 Å². The first-order valence-corrected chi connectivity index (χ1v) is 13.8. The van der Waals surface area contributed by atoms with E-state index >= 15 is 0 Å². The summed E-state index contributed by atoms with van der Waals surface area (Å²) in [4.78, 5) is 38.2. The second-order valence-electron chi connectivity index (χ2n) is 9.57. The van der Waals surface area contributed by atoms with E-state index in [2.05, 4.69) is 5.32 Å². The Morgan fingerprint density at radius 2 is 1.39 bits per heavy atom. The molecule has 212 valence electrons. The molecule has 0 fully saturated rings. The fraction of sp³-hybridized carbons (Fsp3) is 0.229. The Morgan fingerprint density at radius 3 is 2.00 bits per heavy atom. The van der Waals surface area contributed by atoms with Crippen molar-refractivity contribution in [3.8, 4) is 16.9 Å². The number of aldehydes is 1. The number of esters is 1. The predicted octanol–water partition coefficient (Wildman–Crippen LogP) is 7.51. The van der Waals surface area contributed by atoms with Crippen LogP contribution in [0, 0.1) is 5.92 Å². The van der Waals surface area contributed by atoms with Crippen LogP contribution in [0.5, 0.6) is 5.75 Å². The molecule has 6 heteroatoms. The van der Waals surface area contributed by atoms with Gasteiger partial charge in [0.25, 0.3) is 5.91 Å². The molecule has 0 spiro atoms. The van der Waals surface area contributed by atoms with Crippen molar-refractivity contribution in [2.45, 2.75) is 40.9 Å². The third kappa shape index (κ3) is 8.90. The van der Waals surface area contributed by atoms with Crippen LogP contribution in [-0.2, 0) is 18.0 Å². The standard InChI is InChI=1S/C33H31NO5.C2H6/c1-23(2)19-34-32(36)26-13-15-30(31(18-26)33(37)39-22-25-11-7-4-8-12-25)29-16-14-28(17-27(29)20-35)38-21-24-9-5-3-6-10-24;1-2/h3-18,20,23H,19,21-22H2,1-2H3,(H,34,36);1-2H3. The second-order valence-corrected chi connectivity index (χ2v) is 9.57. The van der Waals surface area contributed by atoms with Gasteiger partial charge in [-0.05, 0) is 58.5 Å². The first-order chi connectivity index (χ1) is 19.9. The van der Waals surface area contributed by atoms with E-state index in [1.165, 1.54) is 6.07 Å². The van der Waals surface area contributed by atoms with Crippen LogP contribution in [0.15, 0.2) is 97.1 Å². The van der Waals surface area contributed by atoms with Crippen molar-refractivity contribution >= 4 is 18.2 Å². The molecular weight excluding hydrogens is 514 g/mol. The zero-order valence-electron chi connectivity index (χ0n) is 24.1. The first kappa shape index (κ1) is 30.8. The molecule has 0 saturated heterocycles. The van der Waals surface area contributed by atoms with Gasteiger partial charge in [-0.25, -0.2) is 4.79 Å². The van der Waals surface area contributed by atoms with Gasteiger partial charge in [-0.3, -0.25) is 9.59 Å². The van der Waals surface area contributed by atoms with E-state index in [9.17, 15) is 14.4 Å². The molecule has 0 aromatic heterocycles. The Labute approximate surface area is 242 Å². The molecule has 0 aliphatic heterocycles. The van der Waals surface area contributed by atoms with Gasteiger partial charge in [-0.1, -0.05) is 94.4 Å². The SMILES string of the molecule is CC.CC(C)CNC(=O)c1ccc(-c2ccc(OCc3ccccc3)cc2C=O)c(C(=O)OCc2ccccc2)c1. The molecule has 0 saturated carbocycles. The molecule has 4 aromatic carbocycles. The lowest BCUT2D eigenvalue weighted by molar-refractivity contribution is 0.0473. The molecule has 0 unspecified atom stereocenters. The average Bonchev–Trinajstić information content (AvgIpc) is 3.03. The number of carbonyl (C=O) groups excluding carboxylic acids is 3. The highest BCUT2D eigenvalue weighted by atomic mass is 16.5. The molecule has 0 bridgehead atoms. The molecule has 1 amide bonds. The van der Waals surface area contributed by atoms with Gasteiger partial charge in [-0.15, -0.1) is 0 Å². The fourth-order valence-electron chi connectivity index (χ4n) is 4.00. The number of hydrogen-bond acceptors (Lipinski definition) is 5. The lowest BCUT2D eigenvalue weighted by Gasteiger charge is -2.15. The van der Waals surface area contributed by atoms with Gasteiger partial charge in [0.15, 0.2) is 6.29 Å². The van der Waals surface area contributed by atoms with Crippen molar-refractivity contribution in [3.05, 3.63) is 125 Å². The molecule has 0 aliphatic carbocycles. The van der Waals surface area contributed by atoms with Crippen LogP contribution in [0.2, 0.25) is 0 Å². The number of rotatable bonds is 11. The van der Waals surface area contributed by atoms with E-state index in [1.807, 2.05) is 88.4 Å². The molecule has 0 aliphatic rings. The minimum atomic E-state index is -0.589. The fourth-order valence-corrected chi connectivity index (χ4v) is 4.00. The Hall–Kier alpha value is -4.71. The van der Waals surface area contributed by atoms with Crippen molar-refractivity contribution in [2.24, 2.45) is 5.92 Å². The number of amides is 1. The summed E-state index contributed by atoms with van der Waals surface area (Å²) < 4.78 is 11.5. The van der Waals surface area contributed by atoms with Crippen LogP contribution in [0.3, 0.4) is 0 Å². The average molecular weight is 552 g/mol. The van der Waals surface area contributed by atoms with E-state index < -0.39 is 5.97 Å². The molecule has 6 nitrogen and oxygen atoms in total. The second kappa shape index (κ2) is 15.8. The quantitative estimate of drug-likeness (QED) is 0.154. The zero-order valence-corrected chi connectivity index (χ0v) is 24.1. The lowest BCUT2D eigenvalue weighted by Crippen LogP contribution is -2.27. The smallest absolute Gasteiger partial charge is 0.339 e. The first-order valence-electron chi connectivity index (χ1n) is 13.8. The van der Waals surface area contributed by atoms with Crippen LogP contribution in [0.4, 0.5) is 0 Å². The van der Waals surface area contributed by atoms with Gasteiger partial charge >= 0.3 is 5.97 Å². The van der Waals surface area contributed by atoms with Crippen LogP contribution in [0.25, 0.3) is 11.1 Å². The summed E-state index contributed by atoms with van der Waals surface area (Å²) in [5, 5.41) is 2.88. The van der Waals surface area contributed by atoms with Gasteiger partial charge in [0.2, 0.25) is 0 Å². The highest BCUT2D eigenvalue weighted by molar-refractivity contribution is 6.04. The van der Waals surface area contributed by atoms with Crippen molar-refractivity contribution in [1.29, 1.82) is 0 Å². The molecule has 0 radical (unpaired) electrons. The zero-order chi connectivity index (χ0) is 29.6. The van der Waals surface area contributed by atoms with Gasteiger partial charge in [0.1, 0.15) is 19.0 Å². The van der Waals surface area contributed by atoms with Gasteiger partial charge in [0, 0.05) is 17.7 Å². The molecule has 4 aromatic rings. The molecule has 1 N–H and O–H groups in total. The Balaban J connectivity index is 0.00000226. The molecule has 0 atom stereocenters. The maximum atomic E-state index is 13.3. The van der Waals surface area contributed by atoms with Crippen LogP contribution < -0.4 is 10.1 Å². The maximum absolute atomic E-state index is 13.3. The summed E-state index contributed by atoms with van der Waals surface area (Å²) in [6.45, 7) is 8.95. The minimum absolute atomic E-state index is 0.0791. The number of hydrogen-bond donors (Lipinski definition) is 1. The lowest BCUT2D eigenvalue weighted by atomic mass is 9.93. The summed E-state index contributed by atoms with van der Waals surface area (Å²) in [5.74, 6) is -0.0647. The van der Waals surface area contributed by atoms with Crippen molar-refractivity contribution in [2.75, 3.05) is 6.54 Å². The summed E-state index contributed by atoms with van der Waals surface area (Å²) in [6.07, 6.45) is 0.729. The third-order valence-electron chi connectivity index (χ3n) is 6.07. The topological polar surface area (TPSA) is 81.7 Å². The summed E-state index contributed by atoms with van der Waals surface area (Å²) >= 11 is 0. The van der Waals surface area contributed by atoms with Crippen LogP contribution in [-0.4, -0.2) is 24.7 Å². The van der Waals surface area contributed by atoms with E-state index in [0.717, 1.165) is 17.4 Å². The Kier molecular flexibility index (Phi) is 11.9. The maximum Gasteiger partial charge on any atom is 0.339 e. The molecule has 41 heavy (non-hydrogen) atoms. The van der Waals surface area contributed by atoms with E-state index in [-0.39, 0.29) is 24.0 Å². The Morgan fingerprint density at radius 1 is 0.780 bits per heavy atom. The third-order valence-corrected chi connectivity index (χ3v) is 6.07. The van der Waals surface area contributed by atoms with Gasteiger partial charge < -0.3 is 14.8 Å². The molecule has 0 heterocycles. The number of benzene rings is 4. The van der Waals surface area contributed by atoms with E-state index in [4.69, 9.17) is 9.47 Å². The summed E-state index contributed by atoms with van der Waals surface area (Å²) in [7, 11) is 0. The van der Waals surface area contributed by atoms with E-state index in [0.29, 0.717) is 41.2 Å². The van der Waals surface area contributed by atoms with Crippen molar-refractivity contribution in [3.63, 3.8) is 0 Å². The highest BCUT2D eigenvalue weighted by Gasteiger charge is 2.20. The van der Waals surface area contributed by atoms with Gasteiger partial charge in [0.05, 0.1) is 5.56 Å². The van der Waals surface area contributed by atoms with Crippen LogP contribution in [0.1, 0.15) is 69.9 Å². The summed E-state index contributed by atoms with van der Waals surface area (Å²) in [5.41, 5.74) is 3.76. The van der Waals surface area contributed by atoms with Crippen LogP contribution >= 0.6 is 0 Å². The van der Waals surface area contributed by atoms with E-state index in [1.54, 1.807) is 30.3 Å².